The third kappa shape index (κ3) is 2.80. The first-order chi connectivity index (χ1) is 9.08. The molecule has 19 heavy (non-hydrogen) atoms. The number of nitrogens with one attached hydrogen (secondary N) is 2. The molecule has 1 heterocycles. The lowest BCUT2D eigenvalue weighted by molar-refractivity contribution is 0.246. The zero-order chi connectivity index (χ0) is 13.8. The number of carbonyl (C=O) groups excluding carboxylic acids is 2. The fourth-order valence-corrected chi connectivity index (χ4v) is 1.51. The molecule has 0 aliphatic rings. The number of amides is 3. The molecule has 0 fully saturated rings. The molecule has 3 amide bonds. The molecule has 0 unspecified atom stereocenters. The quantitative estimate of drug-likeness (QED) is 0.598. The molecule has 0 spiro atoms. The molecule has 0 atom stereocenters. The maximum absolute atomic E-state index is 11.2. The predicted octanol–water partition coefficient (Wildman–Crippen LogP) is 0.472. The van der Waals surface area contributed by atoms with Crippen LogP contribution in [0.15, 0.2) is 36.4 Å². The minimum atomic E-state index is -0.793. The summed E-state index contributed by atoms with van der Waals surface area (Å²) in [7, 11) is 0. The molecule has 0 saturated heterocycles. The van der Waals surface area contributed by atoms with Gasteiger partial charge in [0.2, 0.25) is 0 Å². The number of primary amides is 2. The SMILES string of the molecule is NC(=O)NNc1cc(-c2ccccc2)nn1C(N)=O. The number of aromatic nitrogens is 2. The summed E-state index contributed by atoms with van der Waals surface area (Å²) in [6.07, 6.45) is 0. The zero-order valence-electron chi connectivity index (χ0n) is 9.83. The Kier molecular flexibility index (Phi) is 3.33. The number of hydrogen-bond acceptors (Lipinski definition) is 4. The van der Waals surface area contributed by atoms with Crippen molar-refractivity contribution >= 4 is 17.9 Å². The van der Waals surface area contributed by atoms with Gasteiger partial charge in [-0.3, -0.25) is 10.9 Å². The van der Waals surface area contributed by atoms with Crippen LogP contribution < -0.4 is 22.3 Å². The number of nitrogens with two attached hydrogens (primary N) is 2. The summed E-state index contributed by atoms with van der Waals surface area (Å²) in [6, 6.07) is 9.20. The molecule has 2 aromatic rings. The molecular formula is C11H12N6O2. The summed E-state index contributed by atoms with van der Waals surface area (Å²) in [5.41, 5.74) is 16.1. The molecule has 0 bridgehead atoms. The van der Waals surface area contributed by atoms with E-state index in [-0.39, 0.29) is 5.82 Å². The van der Waals surface area contributed by atoms with E-state index in [2.05, 4.69) is 16.0 Å². The predicted molar refractivity (Wildman–Crippen MR) is 69.0 cm³/mol. The van der Waals surface area contributed by atoms with Crippen molar-refractivity contribution in [2.24, 2.45) is 11.5 Å². The van der Waals surface area contributed by atoms with Crippen LogP contribution >= 0.6 is 0 Å². The third-order valence-corrected chi connectivity index (χ3v) is 2.30. The van der Waals surface area contributed by atoms with Gasteiger partial charge in [0, 0.05) is 11.6 Å². The van der Waals surface area contributed by atoms with Crippen LogP contribution in [0.1, 0.15) is 0 Å². The summed E-state index contributed by atoms with van der Waals surface area (Å²) in [4.78, 5) is 21.9. The van der Waals surface area contributed by atoms with E-state index in [0.717, 1.165) is 10.2 Å². The minimum absolute atomic E-state index is 0.213. The van der Waals surface area contributed by atoms with Crippen LogP contribution in [-0.4, -0.2) is 21.8 Å². The summed E-state index contributed by atoms with van der Waals surface area (Å²) in [5.74, 6) is 0.213. The van der Waals surface area contributed by atoms with Crippen molar-refractivity contribution < 1.29 is 9.59 Å². The second-order valence-corrected chi connectivity index (χ2v) is 3.65. The summed E-state index contributed by atoms with van der Waals surface area (Å²) in [6.45, 7) is 0. The van der Waals surface area contributed by atoms with Gasteiger partial charge in [0.1, 0.15) is 0 Å². The minimum Gasteiger partial charge on any atom is -0.350 e. The van der Waals surface area contributed by atoms with E-state index >= 15 is 0 Å². The fourth-order valence-electron chi connectivity index (χ4n) is 1.51. The molecule has 8 nitrogen and oxygen atoms in total. The van der Waals surface area contributed by atoms with Crippen LogP contribution in [0.25, 0.3) is 11.3 Å². The Bertz CT molecular complexity index is 607. The summed E-state index contributed by atoms with van der Waals surface area (Å²) >= 11 is 0. The van der Waals surface area contributed by atoms with Crippen molar-refractivity contribution in [2.75, 3.05) is 5.43 Å². The van der Waals surface area contributed by atoms with Crippen molar-refractivity contribution in [2.45, 2.75) is 0 Å². The lowest BCUT2D eigenvalue weighted by atomic mass is 10.2. The van der Waals surface area contributed by atoms with Gasteiger partial charge in [-0.15, -0.1) is 0 Å². The van der Waals surface area contributed by atoms with Crippen molar-refractivity contribution in [3.05, 3.63) is 36.4 Å². The largest absolute Gasteiger partial charge is 0.350 e. The Hall–Kier alpha value is -3.03. The number of benzene rings is 1. The van der Waals surface area contributed by atoms with Crippen LogP contribution in [-0.2, 0) is 0 Å². The normalized spacial score (nSPS) is 9.89. The molecule has 8 heteroatoms. The van der Waals surface area contributed by atoms with E-state index in [1.807, 2.05) is 30.3 Å². The van der Waals surface area contributed by atoms with Gasteiger partial charge in [0.25, 0.3) is 0 Å². The lowest BCUT2D eigenvalue weighted by Gasteiger charge is -2.05. The Morgan fingerprint density at radius 3 is 2.42 bits per heavy atom. The van der Waals surface area contributed by atoms with Crippen molar-refractivity contribution in [3.8, 4) is 11.3 Å². The van der Waals surface area contributed by atoms with E-state index < -0.39 is 12.1 Å². The van der Waals surface area contributed by atoms with Gasteiger partial charge < -0.3 is 11.5 Å². The highest BCUT2D eigenvalue weighted by Crippen LogP contribution is 2.20. The number of nitrogens with zero attached hydrogens (tertiary/aromatic N) is 2. The lowest BCUT2D eigenvalue weighted by Crippen LogP contribution is -2.36. The second kappa shape index (κ2) is 5.08. The second-order valence-electron chi connectivity index (χ2n) is 3.65. The zero-order valence-corrected chi connectivity index (χ0v) is 9.83. The Labute approximate surface area is 108 Å². The van der Waals surface area contributed by atoms with Crippen LogP contribution in [0.2, 0.25) is 0 Å². The number of anilines is 1. The molecule has 6 N–H and O–H groups in total. The van der Waals surface area contributed by atoms with E-state index in [1.165, 1.54) is 0 Å². The molecule has 2 rings (SSSR count). The fraction of sp³-hybridized carbons (Fsp3) is 0. The molecule has 0 aliphatic carbocycles. The Morgan fingerprint density at radius 1 is 1.16 bits per heavy atom. The molecule has 0 radical (unpaired) electrons. The topological polar surface area (TPSA) is 128 Å². The van der Waals surface area contributed by atoms with E-state index in [0.29, 0.717) is 5.69 Å². The van der Waals surface area contributed by atoms with Gasteiger partial charge in [0.15, 0.2) is 5.82 Å². The maximum atomic E-state index is 11.2. The van der Waals surface area contributed by atoms with Crippen LogP contribution in [0.4, 0.5) is 15.4 Å². The van der Waals surface area contributed by atoms with Crippen molar-refractivity contribution in [1.29, 1.82) is 0 Å². The third-order valence-electron chi connectivity index (χ3n) is 2.30. The first kappa shape index (κ1) is 12.4. The maximum Gasteiger partial charge on any atom is 0.341 e. The average molecular weight is 260 g/mol. The number of hydrazine groups is 1. The van der Waals surface area contributed by atoms with Gasteiger partial charge in [-0.1, -0.05) is 30.3 Å². The molecule has 0 saturated carbocycles. The highest BCUT2D eigenvalue weighted by atomic mass is 16.2. The van der Waals surface area contributed by atoms with Gasteiger partial charge in [-0.05, 0) is 0 Å². The Morgan fingerprint density at radius 2 is 1.84 bits per heavy atom. The van der Waals surface area contributed by atoms with E-state index in [4.69, 9.17) is 11.5 Å². The van der Waals surface area contributed by atoms with Gasteiger partial charge in [-0.25, -0.2) is 9.59 Å². The van der Waals surface area contributed by atoms with Crippen LogP contribution in [0.5, 0.6) is 0 Å². The van der Waals surface area contributed by atoms with Gasteiger partial charge in [-0.2, -0.15) is 9.78 Å². The number of carbonyl (C=O) groups is 2. The van der Waals surface area contributed by atoms with Gasteiger partial charge >= 0.3 is 12.1 Å². The van der Waals surface area contributed by atoms with E-state index in [9.17, 15) is 9.59 Å². The first-order valence-corrected chi connectivity index (χ1v) is 5.34. The first-order valence-electron chi connectivity index (χ1n) is 5.34. The molecule has 0 aliphatic heterocycles. The number of hydrogen-bond donors (Lipinski definition) is 4. The molecular weight excluding hydrogens is 248 g/mol. The average Bonchev–Trinajstić information content (AvgIpc) is 2.81. The summed E-state index contributed by atoms with van der Waals surface area (Å²) < 4.78 is 0.929. The number of rotatable bonds is 3. The highest BCUT2D eigenvalue weighted by molar-refractivity contribution is 5.81. The van der Waals surface area contributed by atoms with Crippen molar-refractivity contribution in [1.82, 2.24) is 15.2 Å². The monoisotopic (exact) mass is 260 g/mol. The van der Waals surface area contributed by atoms with Crippen LogP contribution in [0, 0.1) is 0 Å². The van der Waals surface area contributed by atoms with E-state index in [1.54, 1.807) is 6.07 Å². The van der Waals surface area contributed by atoms with Crippen LogP contribution in [0.3, 0.4) is 0 Å². The highest BCUT2D eigenvalue weighted by Gasteiger charge is 2.13. The summed E-state index contributed by atoms with van der Waals surface area (Å²) in [5, 5.41) is 4.05. The van der Waals surface area contributed by atoms with Crippen molar-refractivity contribution in [3.63, 3.8) is 0 Å². The molecule has 1 aromatic heterocycles. The Balaban J connectivity index is 2.35. The standard InChI is InChI=1S/C11H12N6O2/c12-10(18)15-14-9-6-8(16-17(9)11(13)19)7-4-2-1-3-5-7/h1-6,14H,(H2,13,19)(H3,12,15,18). The molecule has 1 aromatic carbocycles. The smallest absolute Gasteiger partial charge is 0.341 e. The molecule has 98 valence electrons. The number of urea groups is 1. The van der Waals surface area contributed by atoms with Gasteiger partial charge in [0.05, 0.1) is 5.69 Å².